The Morgan fingerprint density at radius 3 is 2.86 bits per heavy atom. The summed E-state index contributed by atoms with van der Waals surface area (Å²) in [6.45, 7) is 2.18. The summed E-state index contributed by atoms with van der Waals surface area (Å²) in [5.41, 5.74) is 0. The van der Waals surface area contributed by atoms with E-state index >= 15 is 0 Å². The number of carbonyl (C=O) groups excluding carboxylic acids is 2. The Labute approximate surface area is 83.1 Å². The minimum absolute atomic E-state index is 0.149. The minimum atomic E-state index is -0.220. The van der Waals surface area contributed by atoms with Crippen molar-refractivity contribution in [3.63, 3.8) is 0 Å². The molecule has 76 valence electrons. The van der Waals surface area contributed by atoms with Gasteiger partial charge in [0.05, 0.1) is 12.5 Å². The van der Waals surface area contributed by atoms with Crippen LogP contribution in [0.3, 0.4) is 0 Å². The van der Waals surface area contributed by atoms with E-state index < -0.39 is 0 Å². The SMILES string of the molecule is CCOC(=O)[C@@H]1[C@@H](C=O)[C@H]2C=C[C@@H]1C2. The Balaban J connectivity index is 2.14. The van der Waals surface area contributed by atoms with E-state index in [0.717, 1.165) is 12.7 Å². The first-order valence-electron chi connectivity index (χ1n) is 5.08. The molecule has 0 N–H and O–H groups in total. The van der Waals surface area contributed by atoms with E-state index in [1.165, 1.54) is 0 Å². The van der Waals surface area contributed by atoms with Crippen molar-refractivity contribution < 1.29 is 14.3 Å². The van der Waals surface area contributed by atoms with Crippen LogP contribution in [0, 0.1) is 23.7 Å². The first-order chi connectivity index (χ1) is 6.77. The minimum Gasteiger partial charge on any atom is -0.466 e. The molecule has 1 fully saturated rings. The lowest BCUT2D eigenvalue weighted by Crippen LogP contribution is -2.30. The summed E-state index contributed by atoms with van der Waals surface area (Å²) >= 11 is 0. The van der Waals surface area contributed by atoms with E-state index in [2.05, 4.69) is 6.08 Å². The van der Waals surface area contributed by atoms with Gasteiger partial charge in [-0.05, 0) is 25.2 Å². The van der Waals surface area contributed by atoms with Gasteiger partial charge < -0.3 is 9.53 Å². The highest BCUT2D eigenvalue weighted by molar-refractivity contribution is 5.79. The molecule has 0 unspecified atom stereocenters. The molecule has 2 aliphatic rings. The molecule has 4 atom stereocenters. The number of allylic oxidation sites excluding steroid dienone is 2. The highest BCUT2D eigenvalue weighted by Crippen LogP contribution is 2.47. The van der Waals surface area contributed by atoms with E-state index in [9.17, 15) is 9.59 Å². The topological polar surface area (TPSA) is 43.4 Å². The van der Waals surface area contributed by atoms with Crippen LogP contribution in [0.25, 0.3) is 0 Å². The molecule has 2 rings (SSSR count). The van der Waals surface area contributed by atoms with Crippen LogP contribution in [-0.4, -0.2) is 18.9 Å². The Kier molecular flexibility index (Phi) is 2.40. The summed E-state index contributed by atoms with van der Waals surface area (Å²) in [5.74, 6) is -0.0749. The third-order valence-electron chi connectivity index (χ3n) is 3.24. The fraction of sp³-hybridized carbons (Fsp3) is 0.636. The lowest BCUT2D eigenvalue weighted by atomic mass is 9.84. The highest BCUT2D eigenvalue weighted by Gasteiger charge is 2.48. The predicted molar refractivity (Wildman–Crippen MR) is 50.4 cm³/mol. The standard InChI is InChI=1S/C11H14O3/c1-2-14-11(13)10-8-4-3-7(5-8)9(10)6-12/h3-4,6-10H,2,5H2,1H3/t7-,8+,9-,10-/m0/s1. The third kappa shape index (κ3) is 1.27. The largest absolute Gasteiger partial charge is 0.466 e. The van der Waals surface area contributed by atoms with Crippen LogP contribution in [0.15, 0.2) is 12.2 Å². The normalized spacial score (nSPS) is 38.6. The van der Waals surface area contributed by atoms with Crippen molar-refractivity contribution in [3.8, 4) is 0 Å². The van der Waals surface area contributed by atoms with Crippen molar-refractivity contribution in [1.29, 1.82) is 0 Å². The van der Waals surface area contributed by atoms with E-state index in [-0.39, 0.29) is 29.6 Å². The van der Waals surface area contributed by atoms with Gasteiger partial charge in [-0.3, -0.25) is 4.79 Å². The van der Waals surface area contributed by atoms with E-state index in [1.54, 1.807) is 6.92 Å². The lowest BCUT2D eigenvalue weighted by Gasteiger charge is -2.21. The quantitative estimate of drug-likeness (QED) is 0.385. The molecule has 0 saturated heterocycles. The molecule has 3 heteroatoms. The lowest BCUT2D eigenvalue weighted by molar-refractivity contribution is -0.151. The number of aldehydes is 1. The molecule has 2 bridgehead atoms. The second-order valence-electron chi connectivity index (χ2n) is 3.94. The van der Waals surface area contributed by atoms with Crippen LogP contribution < -0.4 is 0 Å². The number of carbonyl (C=O) groups is 2. The van der Waals surface area contributed by atoms with E-state index in [1.807, 2.05) is 6.08 Å². The first kappa shape index (κ1) is 9.44. The van der Waals surface area contributed by atoms with Gasteiger partial charge in [0, 0.05) is 5.92 Å². The number of hydrogen-bond acceptors (Lipinski definition) is 3. The van der Waals surface area contributed by atoms with Gasteiger partial charge in [0.1, 0.15) is 6.29 Å². The molecule has 0 radical (unpaired) electrons. The summed E-state index contributed by atoms with van der Waals surface area (Å²) in [6, 6.07) is 0. The second kappa shape index (κ2) is 3.56. The van der Waals surface area contributed by atoms with Crippen molar-refractivity contribution in [2.45, 2.75) is 13.3 Å². The van der Waals surface area contributed by atoms with Crippen molar-refractivity contribution in [2.24, 2.45) is 23.7 Å². The Morgan fingerprint density at radius 1 is 1.50 bits per heavy atom. The van der Waals surface area contributed by atoms with Crippen molar-refractivity contribution in [1.82, 2.24) is 0 Å². The summed E-state index contributed by atoms with van der Waals surface area (Å²) in [6.07, 6.45) is 5.95. The van der Waals surface area contributed by atoms with E-state index in [0.29, 0.717) is 6.61 Å². The molecule has 0 aromatic rings. The maximum atomic E-state index is 11.6. The molecule has 0 heterocycles. The van der Waals surface area contributed by atoms with Gasteiger partial charge in [0.2, 0.25) is 0 Å². The van der Waals surface area contributed by atoms with Crippen molar-refractivity contribution >= 4 is 12.3 Å². The number of ether oxygens (including phenoxy) is 1. The van der Waals surface area contributed by atoms with Gasteiger partial charge in [-0.25, -0.2) is 0 Å². The van der Waals surface area contributed by atoms with E-state index in [4.69, 9.17) is 4.74 Å². The molecule has 2 aliphatic carbocycles. The summed E-state index contributed by atoms with van der Waals surface area (Å²) in [5, 5.41) is 0. The fourth-order valence-corrected chi connectivity index (χ4v) is 2.62. The smallest absolute Gasteiger partial charge is 0.310 e. The van der Waals surface area contributed by atoms with Crippen LogP contribution in [0.5, 0.6) is 0 Å². The summed E-state index contributed by atoms with van der Waals surface area (Å²) in [4.78, 5) is 22.5. The van der Waals surface area contributed by atoms with Gasteiger partial charge in [-0.15, -0.1) is 0 Å². The molecule has 0 amide bonds. The molecule has 1 saturated carbocycles. The zero-order valence-electron chi connectivity index (χ0n) is 8.18. The maximum Gasteiger partial charge on any atom is 0.310 e. The Hall–Kier alpha value is -1.12. The fourth-order valence-electron chi connectivity index (χ4n) is 2.62. The summed E-state index contributed by atoms with van der Waals surface area (Å²) in [7, 11) is 0. The number of esters is 1. The second-order valence-corrected chi connectivity index (χ2v) is 3.94. The zero-order chi connectivity index (χ0) is 10.1. The predicted octanol–water partition coefficient (Wildman–Crippen LogP) is 1.19. The van der Waals surface area contributed by atoms with Gasteiger partial charge in [0.15, 0.2) is 0 Å². The Morgan fingerprint density at radius 2 is 2.21 bits per heavy atom. The highest BCUT2D eigenvalue weighted by atomic mass is 16.5. The third-order valence-corrected chi connectivity index (χ3v) is 3.24. The van der Waals surface area contributed by atoms with Gasteiger partial charge in [-0.2, -0.15) is 0 Å². The first-order valence-corrected chi connectivity index (χ1v) is 5.08. The van der Waals surface area contributed by atoms with Crippen LogP contribution in [0.2, 0.25) is 0 Å². The van der Waals surface area contributed by atoms with Crippen LogP contribution in [-0.2, 0) is 14.3 Å². The summed E-state index contributed by atoms with van der Waals surface area (Å²) < 4.78 is 4.98. The van der Waals surface area contributed by atoms with Crippen LogP contribution >= 0.6 is 0 Å². The average molecular weight is 194 g/mol. The van der Waals surface area contributed by atoms with Crippen LogP contribution in [0.4, 0.5) is 0 Å². The molecular formula is C11H14O3. The molecule has 14 heavy (non-hydrogen) atoms. The van der Waals surface area contributed by atoms with Crippen molar-refractivity contribution in [2.75, 3.05) is 6.61 Å². The monoisotopic (exact) mass is 194 g/mol. The van der Waals surface area contributed by atoms with Crippen LogP contribution in [0.1, 0.15) is 13.3 Å². The number of fused-ring (bicyclic) bond motifs is 2. The maximum absolute atomic E-state index is 11.6. The molecule has 0 aromatic heterocycles. The van der Waals surface area contributed by atoms with Gasteiger partial charge >= 0.3 is 5.97 Å². The molecule has 0 aliphatic heterocycles. The number of rotatable bonds is 3. The van der Waals surface area contributed by atoms with Gasteiger partial charge in [0.25, 0.3) is 0 Å². The Bertz CT molecular complexity index is 282. The molecule has 0 aromatic carbocycles. The molecule has 0 spiro atoms. The molecule has 3 nitrogen and oxygen atoms in total. The number of hydrogen-bond donors (Lipinski definition) is 0. The van der Waals surface area contributed by atoms with Crippen molar-refractivity contribution in [3.05, 3.63) is 12.2 Å². The van der Waals surface area contributed by atoms with Gasteiger partial charge in [-0.1, -0.05) is 12.2 Å². The average Bonchev–Trinajstić information content (AvgIpc) is 2.76. The zero-order valence-corrected chi connectivity index (χ0v) is 8.18. The molecular weight excluding hydrogens is 180 g/mol.